The van der Waals surface area contributed by atoms with Gasteiger partial charge in [-0.05, 0) is 23.5 Å². The van der Waals surface area contributed by atoms with Gasteiger partial charge in [0.2, 0.25) is 0 Å². The number of nitrogens with one attached hydrogen (secondary N) is 1. The van der Waals surface area contributed by atoms with Crippen LogP contribution in [0.3, 0.4) is 0 Å². The fourth-order valence-electron chi connectivity index (χ4n) is 2.06. The van der Waals surface area contributed by atoms with Crippen LogP contribution in [0.2, 0.25) is 0 Å². The SMILES string of the molecule is CCC(C)c1ccc(C(C)(C)CNC(C)C)cc1. The largest absolute Gasteiger partial charge is 0.314 e. The van der Waals surface area contributed by atoms with Gasteiger partial charge in [0.1, 0.15) is 0 Å². The van der Waals surface area contributed by atoms with Crippen molar-refractivity contribution in [2.24, 2.45) is 0 Å². The Balaban J connectivity index is 2.77. The Morgan fingerprint density at radius 3 is 2.06 bits per heavy atom. The molecule has 0 saturated carbocycles. The summed E-state index contributed by atoms with van der Waals surface area (Å²) in [5, 5.41) is 3.53. The Labute approximate surface area is 113 Å². The van der Waals surface area contributed by atoms with E-state index in [0.717, 1.165) is 6.54 Å². The molecule has 0 aliphatic heterocycles. The molecule has 1 nitrogen and oxygen atoms in total. The zero-order chi connectivity index (χ0) is 13.8. The average Bonchev–Trinajstić information content (AvgIpc) is 2.36. The van der Waals surface area contributed by atoms with Crippen molar-refractivity contribution in [1.29, 1.82) is 0 Å². The summed E-state index contributed by atoms with van der Waals surface area (Å²) in [7, 11) is 0. The molecular weight excluding hydrogens is 218 g/mol. The summed E-state index contributed by atoms with van der Waals surface area (Å²) >= 11 is 0. The summed E-state index contributed by atoms with van der Waals surface area (Å²) in [6.45, 7) is 14.6. The van der Waals surface area contributed by atoms with Gasteiger partial charge in [0.05, 0.1) is 0 Å². The van der Waals surface area contributed by atoms with E-state index in [4.69, 9.17) is 0 Å². The molecule has 1 rings (SSSR count). The standard InChI is InChI=1S/C17H29N/c1-7-14(4)15-8-10-16(11-9-15)17(5,6)12-18-13(2)3/h8-11,13-14,18H,7,12H2,1-6H3. The lowest BCUT2D eigenvalue weighted by Crippen LogP contribution is -2.36. The first kappa shape index (κ1) is 15.2. The highest BCUT2D eigenvalue weighted by Gasteiger charge is 2.20. The van der Waals surface area contributed by atoms with Crippen LogP contribution in [-0.4, -0.2) is 12.6 Å². The van der Waals surface area contributed by atoms with Crippen molar-refractivity contribution in [2.75, 3.05) is 6.54 Å². The van der Waals surface area contributed by atoms with Crippen molar-refractivity contribution in [3.8, 4) is 0 Å². The van der Waals surface area contributed by atoms with Crippen LogP contribution < -0.4 is 5.32 Å². The Morgan fingerprint density at radius 2 is 1.61 bits per heavy atom. The van der Waals surface area contributed by atoms with Crippen LogP contribution in [0.5, 0.6) is 0 Å². The number of benzene rings is 1. The lowest BCUT2D eigenvalue weighted by Gasteiger charge is -2.27. The summed E-state index contributed by atoms with van der Waals surface area (Å²) < 4.78 is 0. The number of hydrogen-bond acceptors (Lipinski definition) is 1. The van der Waals surface area contributed by atoms with Gasteiger partial charge in [-0.25, -0.2) is 0 Å². The van der Waals surface area contributed by atoms with E-state index in [1.165, 1.54) is 17.5 Å². The van der Waals surface area contributed by atoms with Gasteiger partial charge in [-0.2, -0.15) is 0 Å². The molecule has 0 saturated heterocycles. The highest BCUT2D eigenvalue weighted by molar-refractivity contribution is 5.30. The van der Waals surface area contributed by atoms with E-state index in [2.05, 4.69) is 71.1 Å². The lowest BCUT2D eigenvalue weighted by atomic mass is 9.83. The third-order valence-electron chi connectivity index (χ3n) is 3.83. The van der Waals surface area contributed by atoms with Crippen LogP contribution in [0.15, 0.2) is 24.3 Å². The van der Waals surface area contributed by atoms with Gasteiger partial charge in [-0.3, -0.25) is 0 Å². The van der Waals surface area contributed by atoms with E-state index in [1.54, 1.807) is 0 Å². The summed E-state index contributed by atoms with van der Waals surface area (Å²) in [5.74, 6) is 0.663. The lowest BCUT2D eigenvalue weighted by molar-refractivity contribution is 0.441. The maximum Gasteiger partial charge on any atom is 0.00455 e. The van der Waals surface area contributed by atoms with Crippen LogP contribution in [-0.2, 0) is 5.41 Å². The quantitative estimate of drug-likeness (QED) is 0.781. The molecule has 0 bridgehead atoms. The van der Waals surface area contributed by atoms with Gasteiger partial charge in [-0.15, -0.1) is 0 Å². The first-order valence-corrected chi connectivity index (χ1v) is 7.20. The minimum absolute atomic E-state index is 0.193. The molecule has 102 valence electrons. The second-order valence-corrected chi connectivity index (χ2v) is 6.35. The van der Waals surface area contributed by atoms with E-state index < -0.39 is 0 Å². The summed E-state index contributed by atoms with van der Waals surface area (Å²) in [5.41, 5.74) is 3.06. The molecule has 1 N–H and O–H groups in total. The Hall–Kier alpha value is -0.820. The molecule has 0 heterocycles. The van der Waals surface area contributed by atoms with Gasteiger partial charge in [0.15, 0.2) is 0 Å². The van der Waals surface area contributed by atoms with E-state index in [-0.39, 0.29) is 5.41 Å². The summed E-state index contributed by atoms with van der Waals surface area (Å²) in [6, 6.07) is 9.72. The molecule has 0 aliphatic carbocycles. The monoisotopic (exact) mass is 247 g/mol. The Morgan fingerprint density at radius 1 is 1.06 bits per heavy atom. The topological polar surface area (TPSA) is 12.0 Å². The zero-order valence-corrected chi connectivity index (χ0v) is 12.9. The molecule has 1 atom stereocenters. The molecule has 0 radical (unpaired) electrons. The van der Waals surface area contributed by atoms with E-state index in [9.17, 15) is 0 Å². The van der Waals surface area contributed by atoms with Crippen LogP contribution in [0, 0.1) is 0 Å². The zero-order valence-electron chi connectivity index (χ0n) is 12.9. The molecule has 1 aromatic carbocycles. The normalized spacial score (nSPS) is 13.9. The summed E-state index contributed by atoms with van der Waals surface area (Å²) in [4.78, 5) is 0. The van der Waals surface area contributed by atoms with Gasteiger partial charge >= 0.3 is 0 Å². The smallest absolute Gasteiger partial charge is 0.00455 e. The maximum absolute atomic E-state index is 3.53. The van der Waals surface area contributed by atoms with Crippen LogP contribution in [0.25, 0.3) is 0 Å². The predicted molar refractivity (Wildman–Crippen MR) is 81.3 cm³/mol. The molecular formula is C17H29N. The van der Waals surface area contributed by atoms with Crippen LogP contribution in [0.4, 0.5) is 0 Å². The molecule has 0 aromatic heterocycles. The van der Waals surface area contributed by atoms with Crippen molar-refractivity contribution >= 4 is 0 Å². The third-order valence-corrected chi connectivity index (χ3v) is 3.83. The van der Waals surface area contributed by atoms with Crippen molar-refractivity contribution in [3.05, 3.63) is 35.4 Å². The van der Waals surface area contributed by atoms with Crippen molar-refractivity contribution in [2.45, 2.75) is 65.3 Å². The molecule has 0 amide bonds. The molecule has 0 fully saturated rings. The van der Waals surface area contributed by atoms with E-state index >= 15 is 0 Å². The fraction of sp³-hybridized carbons (Fsp3) is 0.647. The number of hydrogen-bond donors (Lipinski definition) is 1. The first-order chi connectivity index (χ1) is 8.36. The van der Waals surface area contributed by atoms with Crippen molar-refractivity contribution < 1.29 is 0 Å². The minimum atomic E-state index is 0.193. The van der Waals surface area contributed by atoms with Gasteiger partial charge < -0.3 is 5.32 Å². The fourth-order valence-corrected chi connectivity index (χ4v) is 2.06. The van der Waals surface area contributed by atoms with Gasteiger partial charge in [0.25, 0.3) is 0 Å². The summed E-state index contributed by atoms with van der Waals surface area (Å²) in [6.07, 6.45) is 1.21. The van der Waals surface area contributed by atoms with Gasteiger partial charge in [-0.1, -0.05) is 65.8 Å². The Bertz CT molecular complexity index is 348. The first-order valence-electron chi connectivity index (χ1n) is 7.20. The predicted octanol–water partition coefficient (Wildman–Crippen LogP) is 4.48. The average molecular weight is 247 g/mol. The van der Waals surface area contributed by atoms with Gasteiger partial charge in [0, 0.05) is 18.0 Å². The van der Waals surface area contributed by atoms with E-state index in [0.29, 0.717) is 12.0 Å². The molecule has 0 spiro atoms. The van der Waals surface area contributed by atoms with E-state index in [1.807, 2.05) is 0 Å². The highest BCUT2D eigenvalue weighted by atomic mass is 14.9. The molecule has 1 heteroatoms. The molecule has 1 aromatic rings. The van der Waals surface area contributed by atoms with Crippen LogP contribution in [0.1, 0.15) is 65.0 Å². The second-order valence-electron chi connectivity index (χ2n) is 6.35. The maximum atomic E-state index is 3.53. The molecule has 0 aliphatic rings. The minimum Gasteiger partial charge on any atom is -0.314 e. The Kier molecular flexibility index (Phi) is 5.40. The third kappa shape index (κ3) is 4.13. The van der Waals surface area contributed by atoms with Crippen molar-refractivity contribution in [3.63, 3.8) is 0 Å². The molecule has 1 unspecified atom stereocenters. The van der Waals surface area contributed by atoms with Crippen molar-refractivity contribution in [1.82, 2.24) is 5.32 Å². The molecule has 18 heavy (non-hydrogen) atoms. The van der Waals surface area contributed by atoms with Crippen LogP contribution >= 0.6 is 0 Å². The number of rotatable bonds is 6. The second kappa shape index (κ2) is 6.38. The highest BCUT2D eigenvalue weighted by Crippen LogP contribution is 2.25.